The second-order valence-electron chi connectivity index (χ2n) is 2.83. The third-order valence-corrected chi connectivity index (χ3v) is 3.72. The molecular formula is C10H6ClIN4. The predicted molar refractivity (Wildman–Crippen MR) is 75.6 cm³/mol. The maximum atomic E-state index is 8.65. The number of anilines is 1. The number of halogens is 2. The Morgan fingerprint density at radius 2 is 2.06 bits per heavy atom. The van der Waals surface area contributed by atoms with E-state index in [4.69, 9.17) is 16.9 Å². The van der Waals surface area contributed by atoms with Crippen LogP contribution in [0.3, 0.4) is 0 Å². The number of hydrogen-bond donors (Lipinski definition) is 1. The summed E-state index contributed by atoms with van der Waals surface area (Å²) in [5.41, 5.74) is 1.45. The monoisotopic (exact) mass is 344 g/mol. The van der Waals surface area contributed by atoms with Crippen molar-refractivity contribution in [1.82, 2.24) is 0 Å². The highest BCUT2D eigenvalue weighted by molar-refractivity contribution is 14.2. The molecule has 0 amide bonds. The van der Waals surface area contributed by atoms with E-state index in [0.717, 1.165) is 5.69 Å². The molecule has 0 aliphatic carbocycles. The molecular weight excluding hydrogens is 338 g/mol. The summed E-state index contributed by atoms with van der Waals surface area (Å²) in [5, 5.41) is 11.7. The summed E-state index contributed by atoms with van der Waals surface area (Å²) in [5.74, 6) is 0.487. The molecule has 0 saturated heterocycles. The van der Waals surface area contributed by atoms with Crippen LogP contribution >= 0.6 is 32.3 Å². The molecule has 0 aromatic heterocycles. The second-order valence-corrected chi connectivity index (χ2v) is 6.02. The number of guanidine groups is 1. The van der Waals surface area contributed by atoms with Gasteiger partial charge in [-0.15, -0.1) is 0 Å². The van der Waals surface area contributed by atoms with Gasteiger partial charge in [-0.3, -0.25) is 0 Å². The van der Waals surface area contributed by atoms with E-state index in [1.807, 2.05) is 0 Å². The van der Waals surface area contributed by atoms with Crippen molar-refractivity contribution in [1.29, 1.82) is 5.26 Å². The third-order valence-electron chi connectivity index (χ3n) is 1.77. The molecule has 1 N–H and O–H groups in total. The fourth-order valence-corrected chi connectivity index (χ4v) is 2.39. The topological polar surface area (TPSA) is 60.5 Å². The standard InChI is InChI=1S/C10H6ClIN4/c11-9-12-6-14-10(16-9)15-8-3-1-7(5-13)2-4-8/h1-4,6H,(H,14,15,16). The summed E-state index contributed by atoms with van der Waals surface area (Å²) in [6, 6.07) is 9.12. The van der Waals surface area contributed by atoms with Crippen molar-refractivity contribution in [3.8, 4) is 6.07 Å². The minimum atomic E-state index is -0.340. The van der Waals surface area contributed by atoms with Crippen molar-refractivity contribution >= 4 is 51.3 Å². The molecule has 0 atom stereocenters. The fourth-order valence-electron chi connectivity index (χ4n) is 1.06. The van der Waals surface area contributed by atoms with Crippen LogP contribution in [0.5, 0.6) is 0 Å². The number of rotatable bonds is 1. The molecule has 6 heteroatoms. The van der Waals surface area contributed by atoms with Gasteiger partial charge in [-0.05, 0) is 45.0 Å². The van der Waals surface area contributed by atoms with E-state index in [1.54, 1.807) is 28.4 Å². The van der Waals surface area contributed by atoms with Crippen LogP contribution in [-0.2, 0) is 0 Å². The molecule has 0 saturated carbocycles. The molecule has 0 unspecified atom stereocenters. The van der Waals surface area contributed by atoms with Crippen molar-refractivity contribution in [2.75, 3.05) is 5.32 Å². The molecule has 0 bridgehead atoms. The summed E-state index contributed by atoms with van der Waals surface area (Å²) in [7, 11) is 0. The van der Waals surface area contributed by atoms with Gasteiger partial charge < -0.3 is 5.32 Å². The first-order valence-electron chi connectivity index (χ1n) is 4.32. The van der Waals surface area contributed by atoms with E-state index in [0.29, 0.717) is 14.7 Å². The first-order chi connectivity index (χ1) is 7.78. The van der Waals surface area contributed by atoms with Gasteiger partial charge in [0.15, 0.2) is 3.18 Å². The van der Waals surface area contributed by atoms with Gasteiger partial charge in [0.2, 0.25) is 5.96 Å². The zero-order valence-corrected chi connectivity index (χ0v) is 10.9. The van der Waals surface area contributed by atoms with Crippen molar-refractivity contribution in [3.05, 3.63) is 29.8 Å². The van der Waals surface area contributed by atoms with Crippen LogP contribution in [0.15, 0.2) is 34.3 Å². The van der Waals surface area contributed by atoms with Crippen molar-refractivity contribution in [3.63, 3.8) is 0 Å². The average molecular weight is 345 g/mol. The maximum Gasteiger partial charge on any atom is 0.229 e. The molecule has 1 aromatic rings. The lowest BCUT2D eigenvalue weighted by molar-refractivity contribution is 1.47. The normalized spacial score (nSPS) is 14.2. The van der Waals surface area contributed by atoms with E-state index in [-0.39, 0.29) is 20.7 Å². The SMILES string of the molecule is N#Cc1ccc(NC2=NC=IC(Cl)=N2)cc1. The van der Waals surface area contributed by atoms with Crippen LogP contribution in [0.4, 0.5) is 5.69 Å². The predicted octanol–water partition coefficient (Wildman–Crippen LogP) is 2.66. The molecule has 0 spiro atoms. The molecule has 2 rings (SSSR count). The van der Waals surface area contributed by atoms with Gasteiger partial charge in [0.05, 0.1) is 15.8 Å². The Morgan fingerprint density at radius 3 is 2.69 bits per heavy atom. The summed E-state index contributed by atoms with van der Waals surface area (Å²) >= 11 is 5.49. The van der Waals surface area contributed by atoms with E-state index < -0.39 is 0 Å². The first kappa shape index (κ1) is 11.2. The highest BCUT2D eigenvalue weighted by atomic mass is 127. The van der Waals surface area contributed by atoms with Gasteiger partial charge >= 0.3 is 0 Å². The first-order valence-corrected chi connectivity index (χ1v) is 7.02. The molecule has 1 aromatic carbocycles. The van der Waals surface area contributed by atoms with Crippen molar-refractivity contribution in [2.24, 2.45) is 9.98 Å². The number of hydrogen-bond acceptors (Lipinski definition) is 4. The van der Waals surface area contributed by atoms with Gasteiger partial charge in [0.25, 0.3) is 0 Å². The zero-order chi connectivity index (χ0) is 11.4. The highest BCUT2D eigenvalue weighted by Gasteiger charge is 2.02. The van der Waals surface area contributed by atoms with Crippen LogP contribution in [0, 0.1) is 11.3 Å². The highest BCUT2D eigenvalue weighted by Crippen LogP contribution is 2.13. The number of aliphatic imine (C=N–C) groups is 2. The summed E-state index contributed by atoms with van der Waals surface area (Å²) in [6.07, 6.45) is 0. The molecule has 80 valence electrons. The fraction of sp³-hybridized carbons (Fsp3) is 0. The van der Waals surface area contributed by atoms with E-state index >= 15 is 0 Å². The van der Waals surface area contributed by atoms with E-state index in [9.17, 15) is 0 Å². The Labute approximate surface area is 107 Å². The van der Waals surface area contributed by atoms with Gasteiger partial charge in [0.1, 0.15) is 0 Å². The van der Waals surface area contributed by atoms with Crippen LogP contribution in [0.25, 0.3) is 0 Å². The molecule has 4 nitrogen and oxygen atoms in total. The minimum absolute atomic E-state index is 0.340. The maximum absolute atomic E-state index is 8.65. The molecule has 0 radical (unpaired) electrons. The van der Waals surface area contributed by atoms with Gasteiger partial charge in [0, 0.05) is 5.69 Å². The Hall–Kier alpha value is -1.26. The smallest absolute Gasteiger partial charge is 0.229 e. The largest absolute Gasteiger partial charge is 0.324 e. The average Bonchev–Trinajstić information content (AvgIpc) is 2.30. The molecule has 1 aliphatic heterocycles. The number of nitrogens with one attached hydrogen (secondary N) is 1. The summed E-state index contributed by atoms with van der Waals surface area (Å²) < 4.78 is 2.42. The van der Waals surface area contributed by atoms with E-state index in [2.05, 4.69) is 21.4 Å². The lowest BCUT2D eigenvalue weighted by atomic mass is 10.2. The Bertz CT molecular complexity index is 525. The number of nitrogens with zero attached hydrogens (tertiary/aromatic N) is 3. The number of nitriles is 1. The number of benzene rings is 1. The van der Waals surface area contributed by atoms with Crippen molar-refractivity contribution < 1.29 is 0 Å². The quantitative estimate of drug-likeness (QED) is 0.796. The van der Waals surface area contributed by atoms with Gasteiger partial charge in [-0.25, -0.2) is 4.99 Å². The molecule has 16 heavy (non-hydrogen) atoms. The summed E-state index contributed by atoms with van der Waals surface area (Å²) in [4.78, 5) is 8.20. The van der Waals surface area contributed by atoms with Gasteiger partial charge in [-0.1, -0.05) is 11.6 Å². The van der Waals surface area contributed by atoms with Crippen molar-refractivity contribution in [2.45, 2.75) is 0 Å². The molecule has 1 heterocycles. The Morgan fingerprint density at radius 1 is 1.31 bits per heavy atom. The van der Waals surface area contributed by atoms with Crippen LogP contribution in [0.1, 0.15) is 5.56 Å². The van der Waals surface area contributed by atoms with Crippen LogP contribution in [0.2, 0.25) is 0 Å². The Kier molecular flexibility index (Phi) is 3.64. The lowest BCUT2D eigenvalue weighted by Gasteiger charge is -2.06. The minimum Gasteiger partial charge on any atom is -0.324 e. The Balaban J connectivity index is 2.13. The van der Waals surface area contributed by atoms with Crippen LogP contribution in [-0.4, -0.2) is 13.3 Å². The van der Waals surface area contributed by atoms with Gasteiger partial charge in [-0.2, -0.15) is 10.3 Å². The third kappa shape index (κ3) is 2.87. The molecule has 1 aliphatic rings. The summed E-state index contributed by atoms with van der Waals surface area (Å²) in [6.45, 7) is 0. The molecule has 0 fully saturated rings. The zero-order valence-electron chi connectivity index (χ0n) is 7.98. The lowest BCUT2D eigenvalue weighted by Crippen LogP contribution is -2.11. The van der Waals surface area contributed by atoms with Crippen LogP contribution < -0.4 is 5.32 Å². The second kappa shape index (κ2) is 5.18. The van der Waals surface area contributed by atoms with E-state index in [1.165, 1.54) is 0 Å².